The molecule has 0 aromatic carbocycles. The Morgan fingerprint density at radius 2 is 2.00 bits per heavy atom. The SMILES string of the molecule is CC(C)N1CCN(C)C[C@H]1F. The second-order valence-corrected chi connectivity index (χ2v) is 3.53. The molecule has 0 saturated carbocycles. The van der Waals surface area contributed by atoms with E-state index in [0.29, 0.717) is 12.6 Å². The third-order valence-corrected chi connectivity index (χ3v) is 2.23. The van der Waals surface area contributed by atoms with Crippen LogP contribution in [-0.4, -0.2) is 48.8 Å². The molecule has 0 unspecified atom stereocenters. The maximum atomic E-state index is 13.2. The predicted octanol–water partition coefficient (Wildman–Crippen LogP) is 0.938. The van der Waals surface area contributed by atoms with Gasteiger partial charge in [0.25, 0.3) is 0 Å². The molecule has 0 radical (unpaired) electrons. The molecule has 0 spiro atoms. The van der Waals surface area contributed by atoms with E-state index in [-0.39, 0.29) is 0 Å². The van der Waals surface area contributed by atoms with Gasteiger partial charge in [-0.05, 0) is 20.9 Å². The molecule has 1 saturated heterocycles. The molecule has 66 valence electrons. The zero-order valence-corrected chi connectivity index (χ0v) is 7.55. The van der Waals surface area contributed by atoms with Gasteiger partial charge in [-0.15, -0.1) is 0 Å². The van der Waals surface area contributed by atoms with Crippen molar-refractivity contribution in [1.29, 1.82) is 0 Å². The lowest BCUT2D eigenvalue weighted by atomic mass is 10.2. The van der Waals surface area contributed by atoms with Crippen LogP contribution in [0.1, 0.15) is 13.8 Å². The standard InChI is InChI=1S/C8H17FN2/c1-7(2)11-5-4-10(3)6-8(11)9/h7-8H,4-6H2,1-3H3/t8-/m0/s1. The molecular weight excluding hydrogens is 143 g/mol. The van der Waals surface area contributed by atoms with E-state index in [1.165, 1.54) is 0 Å². The van der Waals surface area contributed by atoms with E-state index in [1.54, 1.807) is 0 Å². The summed E-state index contributed by atoms with van der Waals surface area (Å²) in [4.78, 5) is 3.93. The zero-order valence-electron chi connectivity index (χ0n) is 7.55. The number of halogens is 1. The van der Waals surface area contributed by atoms with Crippen molar-refractivity contribution in [2.75, 3.05) is 26.7 Å². The molecular formula is C8H17FN2. The molecule has 1 aliphatic heterocycles. The van der Waals surface area contributed by atoms with Crippen LogP contribution in [0.15, 0.2) is 0 Å². The van der Waals surface area contributed by atoms with Crippen LogP contribution in [0.4, 0.5) is 4.39 Å². The largest absolute Gasteiger partial charge is 0.301 e. The van der Waals surface area contributed by atoms with Gasteiger partial charge in [0.05, 0.1) is 0 Å². The predicted molar refractivity (Wildman–Crippen MR) is 44.2 cm³/mol. The molecule has 0 amide bonds. The van der Waals surface area contributed by atoms with Gasteiger partial charge in [0.15, 0.2) is 6.30 Å². The van der Waals surface area contributed by atoms with Crippen LogP contribution in [0.5, 0.6) is 0 Å². The number of piperazine rings is 1. The summed E-state index contributed by atoms with van der Waals surface area (Å²) in [5, 5.41) is 0. The Kier molecular flexibility index (Phi) is 2.84. The van der Waals surface area contributed by atoms with E-state index >= 15 is 0 Å². The highest BCUT2D eigenvalue weighted by atomic mass is 19.1. The van der Waals surface area contributed by atoms with Crippen LogP contribution >= 0.6 is 0 Å². The minimum atomic E-state index is -0.770. The van der Waals surface area contributed by atoms with Gasteiger partial charge >= 0.3 is 0 Å². The van der Waals surface area contributed by atoms with E-state index in [4.69, 9.17) is 0 Å². The van der Waals surface area contributed by atoms with Crippen molar-refractivity contribution < 1.29 is 4.39 Å². The number of hydrogen-bond acceptors (Lipinski definition) is 2. The topological polar surface area (TPSA) is 6.48 Å². The summed E-state index contributed by atoms with van der Waals surface area (Å²) in [7, 11) is 1.96. The van der Waals surface area contributed by atoms with Crippen LogP contribution in [-0.2, 0) is 0 Å². The first-order chi connectivity index (χ1) is 5.11. The van der Waals surface area contributed by atoms with E-state index < -0.39 is 6.30 Å². The molecule has 0 aliphatic carbocycles. The van der Waals surface area contributed by atoms with Crippen LogP contribution in [0.2, 0.25) is 0 Å². The third-order valence-electron chi connectivity index (χ3n) is 2.23. The molecule has 3 heteroatoms. The molecule has 0 bridgehead atoms. The number of alkyl halides is 1. The van der Waals surface area contributed by atoms with Gasteiger partial charge < -0.3 is 4.90 Å². The van der Waals surface area contributed by atoms with E-state index in [9.17, 15) is 4.39 Å². The monoisotopic (exact) mass is 160 g/mol. The lowest BCUT2D eigenvalue weighted by molar-refractivity contribution is -0.0102. The Hall–Kier alpha value is -0.150. The highest BCUT2D eigenvalue weighted by molar-refractivity contribution is 4.75. The minimum Gasteiger partial charge on any atom is -0.301 e. The Bertz CT molecular complexity index is 127. The molecule has 11 heavy (non-hydrogen) atoms. The molecule has 1 atom stereocenters. The molecule has 1 aliphatic rings. The van der Waals surface area contributed by atoms with Crippen molar-refractivity contribution in [3.63, 3.8) is 0 Å². The highest BCUT2D eigenvalue weighted by Gasteiger charge is 2.25. The van der Waals surface area contributed by atoms with Gasteiger partial charge in [0.1, 0.15) is 0 Å². The van der Waals surface area contributed by atoms with Crippen LogP contribution < -0.4 is 0 Å². The fourth-order valence-corrected chi connectivity index (χ4v) is 1.46. The van der Waals surface area contributed by atoms with Crippen LogP contribution in [0.25, 0.3) is 0 Å². The van der Waals surface area contributed by atoms with Crippen molar-refractivity contribution in [3.8, 4) is 0 Å². The first-order valence-electron chi connectivity index (χ1n) is 4.19. The van der Waals surface area contributed by atoms with Crippen molar-refractivity contribution in [2.45, 2.75) is 26.2 Å². The third kappa shape index (κ3) is 2.14. The van der Waals surface area contributed by atoms with Crippen molar-refractivity contribution in [3.05, 3.63) is 0 Å². The normalized spacial score (nSPS) is 29.7. The number of hydrogen-bond donors (Lipinski definition) is 0. The molecule has 0 aromatic rings. The number of nitrogens with zero attached hydrogens (tertiary/aromatic N) is 2. The highest BCUT2D eigenvalue weighted by Crippen LogP contribution is 2.12. The van der Waals surface area contributed by atoms with Crippen LogP contribution in [0.3, 0.4) is 0 Å². The van der Waals surface area contributed by atoms with Crippen molar-refractivity contribution in [2.24, 2.45) is 0 Å². The van der Waals surface area contributed by atoms with Gasteiger partial charge in [-0.1, -0.05) is 0 Å². The lowest BCUT2D eigenvalue weighted by Crippen LogP contribution is -2.52. The lowest BCUT2D eigenvalue weighted by Gasteiger charge is -2.37. The molecule has 1 fully saturated rings. The van der Waals surface area contributed by atoms with E-state index in [2.05, 4.69) is 0 Å². The Labute approximate surface area is 68.0 Å². The molecule has 0 aromatic heterocycles. The van der Waals surface area contributed by atoms with Crippen molar-refractivity contribution >= 4 is 0 Å². The molecule has 2 nitrogen and oxygen atoms in total. The Balaban J connectivity index is 2.44. The second-order valence-electron chi connectivity index (χ2n) is 3.53. The molecule has 1 rings (SSSR count). The van der Waals surface area contributed by atoms with Gasteiger partial charge in [0.2, 0.25) is 0 Å². The van der Waals surface area contributed by atoms with Gasteiger partial charge in [-0.25, -0.2) is 4.39 Å². The average Bonchev–Trinajstić information content (AvgIpc) is 1.85. The smallest absolute Gasteiger partial charge is 0.166 e. The molecule has 1 heterocycles. The molecule has 0 N–H and O–H groups in total. The number of rotatable bonds is 1. The Morgan fingerprint density at radius 1 is 1.36 bits per heavy atom. The van der Waals surface area contributed by atoms with E-state index in [0.717, 1.165) is 13.1 Å². The fraction of sp³-hybridized carbons (Fsp3) is 1.00. The summed E-state index contributed by atoms with van der Waals surface area (Å²) in [6.45, 7) is 6.47. The summed E-state index contributed by atoms with van der Waals surface area (Å²) < 4.78 is 13.2. The maximum Gasteiger partial charge on any atom is 0.166 e. The second kappa shape index (κ2) is 3.50. The fourth-order valence-electron chi connectivity index (χ4n) is 1.46. The summed E-state index contributed by atoms with van der Waals surface area (Å²) in [6, 6.07) is 0.332. The maximum absolute atomic E-state index is 13.2. The average molecular weight is 160 g/mol. The first kappa shape index (κ1) is 8.94. The summed E-state index contributed by atoms with van der Waals surface area (Å²) in [6.07, 6.45) is -0.770. The number of likely N-dealkylation sites (N-methyl/N-ethyl adjacent to an activating group) is 1. The van der Waals surface area contributed by atoms with Gasteiger partial charge in [-0.3, -0.25) is 4.90 Å². The summed E-state index contributed by atoms with van der Waals surface area (Å²) in [5.41, 5.74) is 0. The summed E-state index contributed by atoms with van der Waals surface area (Å²) in [5.74, 6) is 0. The van der Waals surface area contributed by atoms with Crippen molar-refractivity contribution in [1.82, 2.24) is 9.80 Å². The van der Waals surface area contributed by atoms with E-state index in [1.807, 2.05) is 30.7 Å². The zero-order chi connectivity index (χ0) is 8.43. The summed E-state index contributed by atoms with van der Waals surface area (Å²) >= 11 is 0. The van der Waals surface area contributed by atoms with Gasteiger partial charge in [-0.2, -0.15) is 0 Å². The minimum absolute atomic E-state index is 0.332. The quantitative estimate of drug-likeness (QED) is 0.527. The Morgan fingerprint density at radius 3 is 2.45 bits per heavy atom. The first-order valence-corrected chi connectivity index (χ1v) is 4.19. The van der Waals surface area contributed by atoms with Gasteiger partial charge in [0, 0.05) is 25.7 Å². The van der Waals surface area contributed by atoms with Crippen LogP contribution in [0, 0.1) is 0 Å².